The van der Waals surface area contributed by atoms with Gasteiger partial charge in [-0.25, -0.2) is 13.6 Å². The first-order valence-electron chi connectivity index (χ1n) is 8.07. The molecule has 27 heavy (non-hydrogen) atoms. The summed E-state index contributed by atoms with van der Waals surface area (Å²) in [4.78, 5) is 16.5. The molecular formula is C16H15F5N4O2. The van der Waals surface area contributed by atoms with Crippen molar-refractivity contribution in [3.05, 3.63) is 35.7 Å². The van der Waals surface area contributed by atoms with Crippen LogP contribution in [0.15, 0.2) is 28.8 Å². The Kier molecular flexibility index (Phi) is 5.29. The lowest BCUT2D eigenvalue weighted by molar-refractivity contribution is -0.159. The van der Waals surface area contributed by atoms with E-state index in [9.17, 15) is 26.7 Å². The molecule has 146 valence electrons. The summed E-state index contributed by atoms with van der Waals surface area (Å²) >= 11 is 0. The first-order chi connectivity index (χ1) is 12.7. The van der Waals surface area contributed by atoms with E-state index in [1.54, 1.807) is 12.1 Å². The van der Waals surface area contributed by atoms with Gasteiger partial charge in [0.1, 0.15) is 0 Å². The van der Waals surface area contributed by atoms with Gasteiger partial charge in [0.25, 0.3) is 6.43 Å². The van der Waals surface area contributed by atoms with Crippen molar-refractivity contribution in [2.45, 2.75) is 38.0 Å². The first-order valence-corrected chi connectivity index (χ1v) is 8.07. The molecule has 0 atom stereocenters. The summed E-state index contributed by atoms with van der Waals surface area (Å²) in [6.45, 7) is -0.527. The number of hydrogen-bond acceptors (Lipinski definition) is 4. The number of alkyl halides is 5. The van der Waals surface area contributed by atoms with Gasteiger partial charge in [-0.2, -0.15) is 18.2 Å². The van der Waals surface area contributed by atoms with Crippen LogP contribution in [0.4, 0.5) is 26.7 Å². The van der Waals surface area contributed by atoms with Crippen LogP contribution in [0.3, 0.4) is 0 Å². The highest BCUT2D eigenvalue weighted by molar-refractivity contribution is 5.75. The maximum Gasteiger partial charge on any atom is 0.471 e. The average molecular weight is 390 g/mol. The van der Waals surface area contributed by atoms with E-state index >= 15 is 0 Å². The van der Waals surface area contributed by atoms with E-state index in [0.29, 0.717) is 24.0 Å². The summed E-state index contributed by atoms with van der Waals surface area (Å²) in [5.41, 5.74) is 0.945. The Bertz CT molecular complexity index is 787. The smallest absolute Gasteiger partial charge is 0.334 e. The Hall–Kier alpha value is -2.72. The van der Waals surface area contributed by atoms with E-state index < -0.39 is 31.1 Å². The highest BCUT2D eigenvalue weighted by atomic mass is 19.4. The van der Waals surface area contributed by atoms with Gasteiger partial charge >= 0.3 is 18.1 Å². The third-order valence-electron chi connectivity index (χ3n) is 3.91. The van der Waals surface area contributed by atoms with Crippen molar-refractivity contribution in [1.82, 2.24) is 20.4 Å². The lowest BCUT2D eigenvalue weighted by atomic mass is 10.1. The quantitative estimate of drug-likeness (QED) is 0.764. The van der Waals surface area contributed by atoms with Crippen LogP contribution in [-0.2, 0) is 12.7 Å². The van der Waals surface area contributed by atoms with Gasteiger partial charge in [0, 0.05) is 18.2 Å². The number of carbonyl (C=O) groups excluding carboxylic acids is 1. The van der Waals surface area contributed by atoms with Crippen molar-refractivity contribution in [2.24, 2.45) is 0 Å². The van der Waals surface area contributed by atoms with Gasteiger partial charge in [-0.15, -0.1) is 0 Å². The maximum absolute atomic E-state index is 12.6. The molecule has 11 heteroatoms. The fourth-order valence-electron chi connectivity index (χ4n) is 2.44. The van der Waals surface area contributed by atoms with Crippen LogP contribution in [0.25, 0.3) is 11.4 Å². The topological polar surface area (TPSA) is 71.3 Å². The van der Waals surface area contributed by atoms with Gasteiger partial charge in [-0.05, 0) is 18.4 Å². The second-order valence-electron chi connectivity index (χ2n) is 6.05. The molecule has 0 bridgehead atoms. The van der Waals surface area contributed by atoms with Gasteiger partial charge in [-0.3, -0.25) is 0 Å². The SMILES string of the molecule is O=C(NCc1ccc(-c2noc(C(F)(F)F)n2)cc1)N(CC(F)F)C1CC1. The zero-order chi connectivity index (χ0) is 19.6. The van der Waals surface area contributed by atoms with E-state index in [1.165, 1.54) is 12.1 Å². The van der Waals surface area contributed by atoms with Crippen molar-refractivity contribution in [3.63, 3.8) is 0 Å². The normalized spacial score (nSPS) is 14.4. The molecule has 0 unspecified atom stereocenters. The predicted molar refractivity (Wildman–Crippen MR) is 82.7 cm³/mol. The number of halogens is 5. The van der Waals surface area contributed by atoms with Crippen LogP contribution < -0.4 is 5.32 Å². The van der Waals surface area contributed by atoms with Gasteiger partial charge in [0.15, 0.2) is 0 Å². The molecule has 1 aliphatic carbocycles. The van der Waals surface area contributed by atoms with Gasteiger partial charge in [0.05, 0.1) is 6.54 Å². The number of nitrogens with one attached hydrogen (secondary N) is 1. The van der Waals surface area contributed by atoms with Gasteiger partial charge in [-0.1, -0.05) is 29.4 Å². The Morgan fingerprint density at radius 1 is 1.26 bits per heavy atom. The van der Waals surface area contributed by atoms with Crippen molar-refractivity contribution < 1.29 is 31.3 Å². The minimum absolute atomic E-state index is 0.0889. The van der Waals surface area contributed by atoms with Crippen LogP contribution in [-0.4, -0.2) is 40.1 Å². The number of hydrogen-bond donors (Lipinski definition) is 1. The summed E-state index contributed by atoms with van der Waals surface area (Å²) in [6, 6.07) is 5.35. The van der Waals surface area contributed by atoms with Crippen molar-refractivity contribution in [2.75, 3.05) is 6.54 Å². The number of aromatic nitrogens is 2. The number of urea groups is 1. The van der Waals surface area contributed by atoms with Crippen LogP contribution in [0.5, 0.6) is 0 Å². The van der Waals surface area contributed by atoms with E-state index in [4.69, 9.17) is 0 Å². The number of nitrogens with zero attached hydrogens (tertiary/aromatic N) is 3. The van der Waals surface area contributed by atoms with E-state index in [1.807, 2.05) is 0 Å². The maximum atomic E-state index is 12.6. The third-order valence-corrected chi connectivity index (χ3v) is 3.91. The molecule has 2 aromatic rings. The van der Waals surface area contributed by atoms with Crippen LogP contribution in [0.2, 0.25) is 0 Å². The minimum atomic E-state index is -4.72. The molecule has 6 nitrogen and oxygen atoms in total. The fourth-order valence-corrected chi connectivity index (χ4v) is 2.44. The van der Waals surface area contributed by atoms with Gasteiger partial charge < -0.3 is 14.7 Å². The van der Waals surface area contributed by atoms with E-state index in [2.05, 4.69) is 20.0 Å². The van der Waals surface area contributed by atoms with Crippen molar-refractivity contribution >= 4 is 6.03 Å². The molecule has 1 aromatic heterocycles. The van der Waals surface area contributed by atoms with Crippen molar-refractivity contribution in [3.8, 4) is 11.4 Å². The lowest BCUT2D eigenvalue weighted by Crippen LogP contribution is -2.43. The predicted octanol–water partition coefficient (Wildman–Crippen LogP) is 3.69. The van der Waals surface area contributed by atoms with Crippen LogP contribution in [0.1, 0.15) is 24.3 Å². The third kappa shape index (κ3) is 4.92. The fraction of sp³-hybridized carbons (Fsp3) is 0.438. The highest BCUT2D eigenvalue weighted by Crippen LogP contribution is 2.29. The Morgan fingerprint density at radius 2 is 1.93 bits per heavy atom. The molecule has 1 heterocycles. The first kappa shape index (κ1) is 19.1. The minimum Gasteiger partial charge on any atom is -0.334 e. The van der Waals surface area contributed by atoms with Crippen LogP contribution >= 0.6 is 0 Å². The summed E-state index contributed by atoms with van der Waals surface area (Å²) in [6.07, 6.45) is -5.91. The molecule has 1 aliphatic rings. The Labute approximate surface area is 150 Å². The molecule has 0 saturated heterocycles. The largest absolute Gasteiger partial charge is 0.471 e. The summed E-state index contributed by atoms with van der Waals surface area (Å²) in [7, 11) is 0. The number of carbonyl (C=O) groups is 1. The highest BCUT2D eigenvalue weighted by Gasteiger charge is 2.38. The van der Waals surface area contributed by atoms with Gasteiger partial charge in [0.2, 0.25) is 5.82 Å². The number of amides is 2. The number of rotatable bonds is 6. The number of benzene rings is 1. The van der Waals surface area contributed by atoms with Crippen molar-refractivity contribution in [1.29, 1.82) is 0 Å². The molecule has 2 amide bonds. The zero-order valence-corrected chi connectivity index (χ0v) is 13.8. The molecule has 1 fully saturated rings. The molecule has 0 radical (unpaired) electrons. The Balaban J connectivity index is 1.59. The second-order valence-corrected chi connectivity index (χ2v) is 6.05. The molecule has 0 spiro atoms. The zero-order valence-electron chi connectivity index (χ0n) is 13.8. The summed E-state index contributed by atoms with van der Waals surface area (Å²) < 4.78 is 66.7. The molecule has 3 rings (SSSR count). The average Bonchev–Trinajstić information content (AvgIpc) is 3.32. The Morgan fingerprint density at radius 3 is 2.44 bits per heavy atom. The molecule has 0 aliphatic heterocycles. The molecule has 1 saturated carbocycles. The lowest BCUT2D eigenvalue weighted by Gasteiger charge is -2.22. The van der Waals surface area contributed by atoms with Crippen LogP contribution in [0, 0.1) is 0 Å². The van der Waals surface area contributed by atoms with E-state index in [-0.39, 0.29) is 18.4 Å². The monoisotopic (exact) mass is 390 g/mol. The molecular weight excluding hydrogens is 375 g/mol. The standard InChI is InChI=1S/C16H15F5N4O2/c17-12(18)8-25(11-5-6-11)15(26)22-7-9-1-3-10(4-2-9)13-23-14(27-24-13)16(19,20)21/h1-4,11-12H,5-8H2,(H,22,26). The second kappa shape index (κ2) is 7.49. The van der Waals surface area contributed by atoms with E-state index in [0.717, 1.165) is 4.90 Å². The molecule has 1 aromatic carbocycles. The summed E-state index contributed by atoms with van der Waals surface area (Å²) in [5, 5.41) is 5.84. The summed E-state index contributed by atoms with van der Waals surface area (Å²) in [5.74, 6) is -1.65. The molecule has 1 N–H and O–H groups in total.